The zero-order valence-corrected chi connectivity index (χ0v) is 12.5. The van der Waals surface area contributed by atoms with Crippen LogP contribution in [0.1, 0.15) is 56.3 Å². The van der Waals surface area contributed by atoms with Crippen molar-refractivity contribution >= 4 is 17.4 Å². The summed E-state index contributed by atoms with van der Waals surface area (Å²) in [5.41, 5.74) is 0.983. The fraction of sp³-hybridized carbons (Fsp3) is 0.733. The lowest BCUT2D eigenvalue weighted by atomic mass is 10.1. The van der Waals surface area contributed by atoms with Crippen molar-refractivity contribution in [1.29, 1.82) is 0 Å². The SMILES string of the molecule is Cc1c(Cl)nc(C2CC2)nc1NCC1CCC(C)C1. The molecule has 0 amide bonds. The molecule has 2 atom stereocenters. The summed E-state index contributed by atoms with van der Waals surface area (Å²) in [5.74, 6) is 4.08. The summed E-state index contributed by atoms with van der Waals surface area (Å²) in [7, 11) is 0. The molecular formula is C15H22ClN3. The number of halogens is 1. The second-order valence-corrected chi connectivity index (χ2v) is 6.64. The molecule has 0 saturated heterocycles. The Labute approximate surface area is 120 Å². The van der Waals surface area contributed by atoms with Gasteiger partial charge in [-0.15, -0.1) is 0 Å². The van der Waals surface area contributed by atoms with Crippen LogP contribution >= 0.6 is 11.6 Å². The fourth-order valence-corrected chi connectivity index (χ4v) is 3.13. The van der Waals surface area contributed by atoms with Gasteiger partial charge in [-0.1, -0.05) is 24.9 Å². The molecule has 1 aromatic heterocycles. The van der Waals surface area contributed by atoms with E-state index in [0.717, 1.165) is 35.6 Å². The molecule has 0 spiro atoms. The second-order valence-electron chi connectivity index (χ2n) is 6.29. The Morgan fingerprint density at radius 3 is 2.63 bits per heavy atom. The molecular weight excluding hydrogens is 258 g/mol. The minimum Gasteiger partial charge on any atom is -0.369 e. The van der Waals surface area contributed by atoms with Crippen LogP contribution in [0.5, 0.6) is 0 Å². The molecule has 1 aromatic rings. The molecule has 19 heavy (non-hydrogen) atoms. The lowest BCUT2D eigenvalue weighted by Crippen LogP contribution is -2.14. The van der Waals surface area contributed by atoms with Gasteiger partial charge in [-0.3, -0.25) is 0 Å². The summed E-state index contributed by atoms with van der Waals surface area (Å²) in [6, 6.07) is 0. The molecule has 0 aromatic carbocycles. The first-order valence-electron chi connectivity index (χ1n) is 7.41. The van der Waals surface area contributed by atoms with Gasteiger partial charge in [0, 0.05) is 18.0 Å². The average Bonchev–Trinajstić information content (AvgIpc) is 3.15. The summed E-state index contributed by atoms with van der Waals surface area (Å²) >= 11 is 6.22. The van der Waals surface area contributed by atoms with E-state index in [2.05, 4.69) is 22.2 Å². The molecule has 2 unspecified atom stereocenters. The summed E-state index contributed by atoms with van der Waals surface area (Å²) in [5, 5.41) is 4.11. The normalized spacial score (nSPS) is 26.7. The van der Waals surface area contributed by atoms with Gasteiger partial charge in [0.2, 0.25) is 0 Å². The topological polar surface area (TPSA) is 37.8 Å². The van der Waals surface area contributed by atoms with Crippen molar-refractivity contribution in [3.8, 4) is 0 Å². The minimum atomic E-state index is 0.546. The number of hydrogen-bond donors (Lipinski definition) is 1. The minimum absolute atomic E-state index is 0.546. The third kappa shape index (κ3) is 3.02. The zero-order valence-electron chi connectivity index (χ0n) is 11.7. The van der Waals surface area contributed by atoms with Gasteiger partial charge >= 0.3 is 0 Å². The van der Waals surface area contributed by atoms with Gasteiger partial charge in [0.05, 0.1) is 0 Å². The van der Waals surface area contributed by atoms with Crippen LogP contribution < -0.4 is 5.32 Å². The van der Waals surface area contributed by atoms with Gasteiger partial charge in [0.15, 0.2) is 0 Å². The van der Waals surface area contributed by atoms with Crippen molar-refractivity contribution in [3.63, 3.8) is 0 Å². The van der Waals surface area contributed by atoms with E-state index in [-0.39, 0.29) is 0 Å². The molecule has 2 aliphatic carbocycles. The number of nitrogens with one attached hydrogen (secondary N) is 1. The molecule has 3 rings (SSSR count). The monoisotopic (exact) mass is 279 g/mol. The van der Waals surface area contributed by atoms with Crippen LogP contribution in [-0.4, -0.2) is 16.5 Å². The van der Waals surface area contributed by atoms with Gasteiger partial charge in [0.1, 0.15) is 16.8 Å². The highest BCUT2D eigenvalue weighted by Crippen LogP contribution is 2.39. The summed E-state index contributed by atoms with van der Waals surface area (Å²) in [6.45, 7) is 5.36. The van der Waals surface area contributed by atoms with E-state index in [1.165, 1.54) is 32.1 Å². The van der Waals surface area contributed by atoms with Crippen molar-refractivity contribution < 1.29 is 0 Å². The largest absolute Gasteiger partial charge is 0.369 e. The summed E-state index contributed by atoms with van der Waals surface area (Å²) in [6.07, 6.45) is 6.45. The van der Waals surface area contributed by atoms with Crippen LogP contribution in [0.25, 0.3) is 0 Å². The van der Waals surface area contributed by atoms with Gasteiger partial charge in [-0.25, -0.2) is 9.97 Å². The van der Waals surface area contributed by atoms with Crippen molar-refractivity contribution in [2.24, 2.45) is 11.8 Å². The maximum atomic E-state index is 6.22. The van der Waals surface area contributed by atoms with Crippen LogP contribution in [0.2, 0.25) is 5.15 Å². The van der Waals surface area contributed by atoms with Crippen LogP contribution in [0.4, 0.5) is 5.82 Å². The molecule has 1 heterocycles. The van der Waals surface area contributed by atoms with Gasteiger partial charge in [0.25, 0.3) is 0 Å². The molecule has 2 saturated carbocycles. The number of nitrogens with zero attached hydrogens (tertiary/aromatic N) is 2. The lowest BCUT2D eigenvalue weighted by Gasteiger charge is -2.14. The first-order chi connectivity index (χ1) is 9.13. The Bertz CT molecular complexity index is 471. The quantitative estimate of drug-likeness (QED) is 0.841. The van der Waals surface area contributed by atoms with Gasteiger partial charge < -0.3 is 5.32 Å². The smallest absolute Gasteiger partial charge is 0.137 e. The predicted molar refractivity (Wildman–Crippen MR) is 78.7 cm³/mol. The highest BCUT2D eigenvalue weighted by atomic mass is 35.5. The number of rotatable bonds is 4. The highest BCUT2D eigenvalue weighted by molar-refractivity contribution is 6.30. The maximum Gasteiger partial charge on any atom is 0.137 e. The molecule has 0 bridgehead atoms. The van der Waals surface area contributed by atoms with E-state index in [0.29, 0.717) is 11.1 Å². The molecule has 2 aliphatic rings. The Kier molecular flexibility index (Phi) is 3.66. The van der Waals surface area contributed by atoms with Crippen LogP contribution in [-0.2, 0) is 0 Å². The van der Waals surface area contributed by atoms with Crippen molar-refractivity contribution in [1.82, 2.24) is 9.97 Å². The average molecular weight is 280 g/mol. The van der Waals surface area contributed by atoms with Crippen molar-refractivity contribution in [2.45, 2.75) is 51.9 Å². The standard InChI is InChI=1S/C15H22ClN3/c1-9-3-4-11(7-9)8-17-14-10(2)13(16)18-15(19-14)12-5-6-12/h9,11-12H,3-8H2,1-2H3,(H,17,18,19). The Morgan fingerprint density at radius 2 is 2.00 bits per heavy atom. The molecule has 0 radical (unpaired) electrons. The Morgan fingerprint density at radius 1 is 1.21 bits per heavy atom. The van der Waals surface area contributed by atoms with Crippen molar-refractivity contribution in [2.75, 3.05) is 11.9 Å². The lowest BCUT2D eigenvalue weighted by molar-refractivity contribution is 0.536. The van der Waals surface area contributed by atoms with Crippen LogP contribution in [0.15, 0.2) is 0 Å². The fourth-order valence-electron chi connectivity index (χ4n) is 2.95. The van der Waals surface area contributed by atoms with Crippen LogP contribution in [0.3, 0.4) is 0 Å². The number of hydrogen-bond acceptors (Lipinski definition) is 3. The van der Waals surface area contributed by atoms with E-state index in [1.54, 1.807) is 0 Å². The third-order valence-corrected chi connectivity index (χ3v) is 4.78. The second kappa shape index (κ2) is 5.28. The van der Waals surface area contributed by atoms with E-state index in [9.17, 15) is 0 Å². The predicted octanol–water partition coefficient (Wildman–Crippen LogP) is 4.16. The van der Waals surface area contributed by atoms with Crippen LogP contribution in [0, 0.1) is 18.8 Å². The Hall–Kier alpha value is -0.830. The van der Waals surface area contributed by atoms with Gasteiger partial charge in [-0.05, 0) is 44.4 Å². The zero-order chi connectivity index (χ0) is 13.4. The first-order valence-corrected chi connectivity index (χ1v) is 7.79. The molecule has 1 N–H and O–H groups in total. The number of aromatic nitrogens is 2. The number of anilines is 1. The highest BCUT2D eigenvalue weighted by Gasteiger charge is 2.28. The van der Waals surface area contributed by atoms with E-state index >= 15 is 0 Å². The first kappa shape index (κ1) is 13.2. The summed E-state index contributed by atoms with van der Waals surface area (Å²) in [4.78, 5) is 9.07. The van der Waals surface area contributed by atoms with E-state index in [1.807, 2.05) is 6.92 Å². The molecule has 104 valence electrons. The van der Waals surface area contributed by atoms with E-state index in [4.69, 9.17) is 11.6 Å². The molecule has 3 nitrogen and oxygen atoms in total. The molecule has 0 aliphatic heterocycles. The molecule has 2 fully saturated rings. The Balaban J connectivity index is 1.69. The van der Waals surface area contributed by atoms with Crippen molar-refractivity contribution in [3.05, 3.63) is 16.5 Å². The van der Waals surface area contributed by atoms with E-state index < -0.39 is 0 Å². The summed E-state index contributed by atoms with van der Waals surface area (Å²) < 4.78 is 0. The van der Waals surface area contributed by atoms with Gasteiger partial charge in [-0.2, -0.15) is 0 Å². The maximum absolute atomic E-state index is 6.22. The third-order valence-electron chi connectivity index (χ3n) is 4.41. The molecule has 4 heteroatoms.